The predicted molar refractivity (Wildman–Crippen MR) is 127 cm³/mol. The molecular formula is C24H25F4N7O2. The molecule has 4 aromatic rings. The topological polar surface area (TPSA) is 81.7 Å². The second-order valence-electron chi connectivity index (χ2n) is 9.35. The zero-order valence-corrected chi connectivity index (χ0v) is 20.0. The molecule has 13 heteroatoms. The molecule has 37 heavy (non-hydrogen) atoms. The van der Waals surface area contributed by atoms with E-state index in [1.807, 2.05) is 0 Å². The van der Waals surface area contributed by atoms with Crippen molar-refractivity contribution >= 4 is 22.5 Å². The van der Waals surface area contributed by atoms with Crippen molar-refractivity contribution in [3.05, 3.63) is 36.3 Å². The maximum absolute atomic E-state index is 15.3. The summed E-state index contributed by atoms with van der Waals surface area (Å²) < 4.78 is 69.3. The number of nitrogens with zero attached hydrogens (tertiary/aromatic N) is 6. The summed E-state index contributed by atoms with van der Waals surface area (Å²) in [5, 5.41) is 7.75. The fourth-order valence-electron chi connectivity index (χ4n) is 5.08. The fourth-order valence-corrected chi connectivity index (χ4v) is 5.08. The number of benzene rings is 1. The first-order valence-electron chi connectivity index (χ1n) is 12.1. The number of hydrogen-bond acceptors (Lipinski definition) is 7. The molecule has 2 aliphatic rings. The highest BCUT2D eigenvalue weighted by Gasteiger charge is 2.30. The Bertz CT molecular complexity index is 1440. The number of imidazole rings is 1. The van der Waals surface area contributed by atoms with Crippen LogP contribution in [-0.4, -0.2) is 81.0 Å². The minimum Gasteiger partial charge on any atom is -0.479 e. The van der Waals surface area contributed by atoms with Crippen molar-refractivity contribution in [3.8, 4) is 17.0 Å². The minimum absolute atomic E-state index is 0.00465. The largest absolute Gasteiger partial charge is 0.479 e. The van der Waals surface area contributed by atoms with Crippen LogP contribution in [0.2, 0.25) is 0 Å². The molecule has 0 saturated carbocycles. The molecular weight excluding hydrogens is 494 g/mol. The summed E-state index contributed by atoms with van der Waals surface area (Å²) in [4.78, 5) is 10.8. The lowest BCUT2D eigenvalue weighted by atomic mass is 10.0. The van der Waals surface area contributed by atoms with Crippen LogP contribution in [0.4, 0.5) is 23.5 Å². The Hall–Kier alpha value is -3.45. The first-order valence-corrected chi connectivity index (χ1v) is 12.1. The highest BCUT2D eigenvalue weighted by atomic mass is 19.3. The van der Waals surface area contributed by atoms with Crippen LogP contribution >= 0.6 is 0 Å². The molecule has 1 N–H and O–H groups in total. The van der Waals surface area contributed by atoms with Crippen LogP contribution in [0.1, 0.15) is 12.8 Å². The predicted octanol–water partition coefficient (Wildman–Crippen LogP) is 3.57. The average molecular weight is 520 g/mol. The van der Waals surface area contributed by atoms with Crippen LogP contribution in [0.15, 0.2) is 24.7 Å². The first-order chi connectivity index (χ1) is 17.9. The number of fused-ring (bicyclic) bond motifs is 2. The van der Waals surface area contributed by atoms with Gasteiger partial charge >= 0.3 is 0 Å². The normalized spacial score (nSPS) is 17.7. The molecule has 0 radical (unpaired) electrons. The van der Waals surface area contributed by atoms with Gasteiger partial charge in [-0.2, -0.15) is 4.98 Å². The summed E-state index contributed by atoms with van der Waals surface area (Å²) in [6, 6.07) is 3.19. The lowest BCUT2D eigenvalue weighted by Gasteiger charge is -2.41. The van der Waals surface area contributed by atoms with Gasteiger partial charge in [-0.3, -0.25) is 4.90 Å². The van der Waals surface area contributed by atoms with Gasteiger partial charge in [0.05, 0.1) is 56.5 Å². The number of hydrogen-bond donors (Lipinski definition) is 1. The van der Waals surface area contributed by atoms with Crippen molar-refractivity contribution in [2.75, 3.05) is 38.7 Å². The number of halogens is 4. The summed E-state index contributed by atoms with van der Waals surface area (Å²) in [6.07, 6.45) is 1.45. The number of alkyl halides is 2. The van der Waals surface area contributed by atoms with Gasteiger partial charge in [-0.25, -0.2) is 27.1 Å². The molecule has 3 aromatic heterocycles. The van der Waals surface area contributed by atoms with Crippen molar-refractivity contribution in [2.24, 2.45) is 0 Å². The summed E-state index contributed by atoms with van der Waals surface area (Å²) in [7, 11) is 1.40. The zero-order valence-electron chi connectivity index (χ0n) is 20.0. The van der Waals surface area contributed by atoms with E-state index < -0.39 is 24.6 Å². The van der Waals surface area contributed by atoms with Crippen molar-refractivity contribution in [1.82, 2.24) is 29.0 Å². The Morgan fingerprint density at radius 1 is 1.16 bits per heavy atom. The van der Waals surface area contributed by atoms with Gasteiger partial charge in [0.25, 0.3) is 6.43 Å². The first kappa shape index (κ1) is 23.9. The third-order valence-electron chi connectivity index (χ3n) is 7.05. The molecule has 0 amide bonds. The van der Waals surface area contributed by atoms with Crippen LogP contribution in [-0.2, 0) is 11.3 Å². The van der Waals surface area contributed by atoms with Gasteiger partial charge in [0.15, 0.2) is 11.6 Å². The number of ether oxygens (including phenoxy) is 2. The van der Waals surface area contributed by atoms with E-state index >= 15 is 4.39 Å². The minimum atomic E-state index is -2.66. The van der Waals surface area contributed by atoms with E-state index in [2.05, 4.69) is 25.3 Å². The molecule has 0 atom stereocenters. The lowest BCUT2D eigenvalue weighted by molar-refractivity contribution is -0.0705. The van der Waals surface area contributed by atoms with E-state index in [1.54, 1.807) is 0 Å². The molecule has 5 heterocycles. The van der Waals surface area contributed by atoms with Gasteiger partial charge in [0.2, 0.25) is 11.8 Å². The van der Waals surface area contributed by atoms with Crippen molar-refractivity contribution in [2.45, 2.75) is 37.9 Å². The van der Waals surface area contributed by atoms with Crippen molar-refractivity contribution in [1.29, 1.82) is 0 Å². The molecule has 2 saturated heterocycles. The Morgan fingerprint density at radius 3 is 2.62 bits per heavy atom. The van der Waals surface area contributed by atoms with E-state index in [-0.39, 0.29) is 45.5 Å². The molecule has 2 aliphatic heterocycles. The van der Waals surface area contributed by atoms with Crippen LogP contribution < -0.4 is 10.1 Å². The van der Waals surface area contributed by atoms with Gasteiger partial charge in [-0.1, -0.05) is 0 Å². The Balaban J connectivity index is 1.33. The van der Waals surface area contributed by atoms with Crippen LogP contribution in [0, 0.1) is 11.6 Å². The summed E-state index contributed by atoms with van der Waals surface area (Å²) in [5.74, 6) is -1.05. The summed E-state index contributed by atoms with van der Waals surface area (Å²) in [6.45, 7) is 2.77. The molecule has 9 nitrogen and oxygen atoms in total. The van der Waals surface area contributed by atoms with Crippen molar-refractivity contribution < 1.29 is 27.0 Å². The molecule has 0 aliphatic carbocycles. The second kappa shape index (κ2) is 9.45. The van der Waals surface area contributed by atoms with Crippen LogP contribution in [0.5, 0.6) is 5.88 Å². The van der Waals surface area contributed by atoms with Gasteiger partial charge in [-0.05, 0) is 30.5 Å². The number of piperidine rings is 1. The van der Waals surface area contributed by atoms with Gasteiger partial charge < -0.3 is 19.4 Å². The summed E-state index contributed by atoms with van der Waals surface area (Å²) in [5.41, 5.74) is 0.399. The van der Waals surface area contributed by atoms with Crippen LogP contribution in [0.3, 0.4) is 0 Å². The average Bonchev–Trinajstić information content (AvgIpc) is 3.38. The number of aromatic nitrogens is 5. The van der Waals surface area contributed by atoms with Crippen molar-refractivity contribution in [3.63, 3.8) is 0 Å². The second-order valence-corrected chi connectivity index (χ2v) is 9.35. The molecule has 6 rings (SSSR count). The Morgan fingerprint density at radius 2 is 1.95 bits per heavy atom. The summed E-state index contributed by atoms with van der Waals surface area (Å²) >= 11 is 0. The smallest absolute Gasteiger partial charge is 0.256 e. The van der Waals surface area contributed by atoms with E-state index in [1.165, 1.54) is 17.7 Å². The fraction of sp³-hybridized carbons (Fsp3) is 0.458. The van der Waals surface area contributed by atoms with E-state index in [4.69, 9.17) is 9.47 Å². The van der Waals surface area contributed by atoms with Gasteiger partial charge in [0.1, 0.15) is 11.0 Å². The van der Waals surface area contributed by atoms with Gasteiger partial charge in [-0.15, -0.1) is 5.10 Å². The zero-order chi connectivity index (χ0) is 25.7. The number of methoxy groups -OCH3 is 1. The highest BCUT2D eigenvalue weighted by Crippen LogP contribution is 2.36. The van der Waals surface area contributed by atoms with E-state index in [9.17, 15) is 13.2 Å². The van der Waals surface area contributed by atoms with E-state index in [0.29, 0.717) is 6.04 Å². The lowest BCUT2D eigenvalue weighted by Crippen LogP contribution is -2.53. The number of rotatable bonds is 7. The number of nitrogens with one attached hydrogen (secondary N) is 1. The Labute approximate surface area is 209 Å². The quantitative estimate of drug-likeness (QED) is 0.374. The SMILES string of the molecule is COc1nc(NC2CCN(C3COC3)CC2)nn2cc(F)c(-c3cc(F)c4ncn(CC(F)F)c4c3)c12. The maximum atomic E-state index is 15.3. The third kappa shape index (κ3) is 4.35. The molecule has 196 valence electrons. The standard InChI is InChI=1S/C24H25F4N7O2/c1-36-23-22-20(13-6-16(25)21-18(7-13)34(12-29-21)9-19(27)28)17(26)8-35(22)32-24(31-23)30-14-2-4-33(5-3-14)15-10-37-11-15/h6-8,12,14-15,19H,2-5,9-11H2,1H3,(H,30,32). The molecule has 1 aromatic carbocycles. The Kier molecular flexibility index (Phi) is 6.11. The third-order valence-corrected chi connectivity index (χ3v) is 7.05. The molecule has 0 bridgehead atoms. The van der Waals surface area contributed by atoms with E-state index in [0.717, 1.165) is 62.3 Å². The monoisotopic (exact) mass is 519 g/mol. The molecule has 0 unspecified atom stereocenters. The number of anilines is 1. The molecule has 2 fully saturated rings. The highest BCUT2D eigenvalue weighted by molar-refractivity contribution is 5.90. The molecule has 0 spiro atoms. The van der Waals surface area contributed by atoms with Crippen LogP contribution in [0.25, 0.3) is 27.7 Å². The van der Waals surface area contributed by atoms with Gasteiger partial charge in [0, 0.05) is 19.1 Å². The maximum Gasteiger partial charge on any atom is 0.256 e. The number of likely N-dealkylation sites (tertiary alicyclic amines) is 1.